The first kappa shape index (κ1) is 14.9. The number of likely N-dealkylation sites (tertiary alicyclic amines) is 1. The van der Waals surface area contributed by atoms with Crippen molar-refractivity contribution in [2.75, 3.05) is 52.4 Å². The largest absolute Gasteiger partial charge is 0.314 e. The number of Topliss-reactive ketones (excluding diaryl/α,β-unsaturated/α-hetero) is 1. The number of nitrogens with one attached hydrogen (secondary N) is 1. The second-order valence-corrected chi connectivity index (χ2v) is 6.39. The molecule has 2 heterocycles. The Morgan fingerprint density at radius 3 is 2.32 bits per heavy atom. The molecule has 2 fully saturated rings. The Hall–Kier alpha value is -0.450. The summed E-state index contributed by atoms with van der Waals surface area (Å²) in [5.74, 6) is 1.41. The second-order valence-electron chi connectivity index (χ2n) is 6.39. The first-order valence-corrected chi connectivity index (χ1v) is 7.83. The van der Waals surface area contributed by atoms with Crippen LogP contribution in [-0.4, -0.2) is 67.9 Å². The Labute approximate surface area is 117 Å². The molecule has 0 bridgehead atoms. The monoisotopic (exact) mass is 267 g/mol. The number of hydrogen-bond acceptors (Lipinski definition) is 4. The number of piperidine rings is 1. The maximum Gasteiger partial charge on any atom is 0.149 e. The Morgan fingerprint density at radius 2 is 1.74 bits per heavy atom. The van der Waals surface area contributed by atoms with Crippen molar-refractivity contribution in [2.45, 2.75) is 26.7 Å². The standard InChI is InChI=1S/C15H29N3O/c1-13(2)15(19)12-17-7-3-14(4-8-17)11-18-9-5-16-6-10-18/h13-14,16H,3-12H2,1-2H3. The third kappa shape index (κ3) is 4.86. The third-order valence-corrected chi connectivity index (χ3v) is 4.46. The molecular formula is C15H29N3O. The number of carbonyl (C=O) groups excluding carboxylic acids is 1. The van der Waals surface area contributed by atoms with Crippen molar-refractivity contribution in [1.29, 1.82) is 0 Å². The molecule has 0 aromatic rings. The normalized spacial score (nSPS) is 23.9. The second kappa shape index (κ2) is 7.36. The highest BCUT2D eigenvalue weighted by Crippen LogP contribution is 2.18. The van der Waals surface area contributed by atoms with Crippen LogP contribution in [0, 0.1) is 11.8 Å². The Kier molecular flexibility index (Phi) is 5.79. The molecule has 0 radical (unpaired) electrons. The summed E-state index contributed by atoms with van der Waals surface area (Å²) in [6.45, 7) is 12.8. The van der Waals surface area contributed by atoms with Gasteiger partial charge in [0.1, 0.15) is 5.78 Å². The highest BCUT2D eigenvalue weighted by Gasteiger charge is 2.23. The van der Waals surface area contributed by atoms with Crippen LogP contribution in [-0.2, 0) is 4.79 Å². The van der Waals surface area contributed by atoms with Crippen molar-refractivity contribution in [3.63, 3.8) is 0 Å². The van der Waals surface area contributed by atoms with Gasteiger partial charge in [-0.25, -0.2) is 0 Å². The quantitative estimate of drug-likeness (QED) is 0.800. The number of ketones is 1. The van der Waals surface area contributed by atoms with Crippen LogP contribution in [0.25, 0.3) is 0 Å². The maximum atomic E-state index is 11.8. The van der Waals surface area contributed by atoms with E-state index >= 15 is 0 Å². The SMILES string of the molecule is CC(C)C(=O)CN1CCC(CN2CCNCC2)CC1. The summed E-state index contributed by atoms with van der Waals surface area (Å²) in [7, 11) is 0. The van der Waals surface area contributed by atoms with Gasteiger partial charge in [-0.15, -0.1) is 0 Å². The van der Waals surface area contributed by atoms with E-state index in [2.05, 4.69) is 15.1 Å². The van der Waals surface area contributed by atoms with Crippen LogP contribution >= 0.6 is 0 Å². The summed E-state index contributed by atoms with van der Waals surface area (Å²) in [6.07, 6.45) is 2.52. The molecule has 0 amide bonds. The van der Waals surface area contributed by atoms with Gasteiger partial charge in [0.15, 0.2) is 0 Å². The Morgan fingerprint density at radius 1 is 1.11 bits per heavy atom. The molecule has 4 nitrogen and oxygen atoms in total. The molecule has 2 rings (SSSR count). The summed E-state index contributed by atoms with van der Waals surface area (Å²) in [5, 5.41) is 3.40. The number of hydrogen-bond donors (Lipinski definition) is 1. The van der Waals surface area contributed by atoms with E-state index in [1.54, 1.807) is 0 Å². The van der Waals surface area contributed by atoms with Crippen molar-refractivity contribution in [2.24, 2.45) is 11.8 Å². The van der Waals surface area contributed by atoms with Gasteiger partial charge >= 0.3 is 0 Å². The predicted octanol–water partition coefficient (Wildman–Crippen LogP) is 0.829. The molecule has 0 spiro atoms. The van der Waals surface area contributed by atoms with Gasteiger partial charge in [-0.2, -0.15) is 0 Å². The van der Waals surface area contributed by atoms with Crippen LogP contribution in [0.3, 0.4) is 0 Å². The molecule has 0 unspecified atom stereocenters. The zero-order valence-electron chi connectivity index (χ0n) is 12.5. The zero-order valence-corrected chi connectivity index (χ0v) is 12.5. The molecule has 4 heteroatoms. The highest BCUT2D eigenvalue weighted by atomic mass is 16.1. The van der Waals surface area contributed by atoms with Gasteiger partial charge in [0.25, 0.3) is 0 Å². The highest BCUT2D eigenvalue weighted by molar-refractivity contribution is 5.82. The van der Waals surface area contributed by atoms with Gasteiger partial charge in [0.05, 0.1) is 6.54 Å². The van der Waals surface area contributed by atoms with Crippen molar-refractivity contribution in [3.05, 3.63) is 0 Å². The van der Waals surface area contributed by atoms with Gasteiger partial charge in [-0.1, -0.05) is 13.8 Å². The van der Waals surface area contributed by atoms with Crippen LogP contribution in [0.15, 0.2) is 0 Å². The molecule has 2 aliphatic heterocycles. The molecule has 2 aliphatic rings. The summed E-state index contributed by atoms with van der Waals surface area (Å²) in [4.78, 5) is 16.7. The molecule has 0 atom stereocenters. The van der Waals surface area contributed by atoms with E-state index in [0.29, 0.717) is 12.3 Å². The fourth-order valence-corrected chi connectivity index (χ4v) is 2.99. The van der Waals surface area contributed by atoms with Crippen molar-refractivity contribution in [1.82, 2.24) is 15.1 Å². The predicted molar refractivity (Wildman–Crippen MR) is 78.3 cm³/mol. The van der Waals surface area contributed by atoms with E-state index in [4.69, 9.17) is 0 Å². The molecule has 0 saturated carbocycles. The fourth-order valence-electron chi connectivity index (χ4n) is 2.99. The summed E-state index contributed by atoms with van der Waals surface area (Å²) < 4.78 is 0. The number of rotatable bonds is 5. The third-order valence-electron chi connectivity index (χ3n) is 4.46. The van der Waals surface area contributed by atoms with E-state index < -0.39 is 0 Å². The molecule has 110 valence electrons. The van der Waals surface area contributed by atoms with Crippen LogP contribution in [0.5, 0.6) is 0 Å². The molecular weight excluding hydrogens is 238 g/mol. The minimum absolute atomic E-state index is 0.179. The van der Waals surface area contributed by atoms with Crippen molar-refractivity contribution >= 4 is 5.78 Å². The number of carbonyl (C=O) groups is 1. The first-order valence-electron chi connectivity index (χ1n) is 7.83. The minimum Gasteiger partial charge on any atom is -0.314 e. The molecule has 2 saturated heterocycles. The molecule has 0 aromatic carbocycles. The van der Waals surface area contributed by atoms with E-state index in [1.165, 1.54) is 32.5 Å². The van der Waals surface area contributed by atoms with Crippen LogP contribution in [0.1, 0.15) is 26.7 Å². The molecule has 1 N–H and O–H groups in total. The topological polar surface area (TPSA) is 35.6 Å². The number of nitrogens with zero attached hydrogens (tertiary/aromatic N) is 2. The summed E-state index contributed by atoms with van der Waals surface area (Å²) >= 11 is 0. The Balaban J connectivity index is 1.65. The molecule has 19 heavy (non-hydrogen) atoms. The van der Waals surface area contributed by atoms with Crippen LogP contribution < -0.4 is 5.32 Å². The van der Waals surface area contributed by atoms with Gasteiger partial charge in [-0.3, -0.25) is 9.69 Å². The maximum absolute atomic E-state index is 11.8. The fraction of sp³-hybridized carbons (Fsp3) is 0.933. The van der Waals surface area contributed by atoms with Crippen LogP contribution in [0.2, 0.25) is 0 Å². The lowest BCUT2D eigenvalue weighted by Gasteiger charge is -2.36. The van der Waals surface area contributed by atoms with Crippen LogP contribution in [0.4, 0.5) is 0 Å². The Bertz CT molecular complexity index is 279. The zero-order chi connectivity index (χ0) is 13.7. The van der Waals surface area contributed by atoms with Crippen molar-refractivity contribution < 1.29 is 4.79 Å². The lowest BCUT2D eigenvalue weighted by Crippen LogP contribution is -2.47. The number of piperazine rings is 1. The van der Waals surface area contributed by atoms with E-state index in [0.717, 1.165) is 32.1 Å². The van der Waals surface area contributed by atoms with E-state index in [-0.39, 0.29) is 5.92 Å². The average molecular weight is 267 g/mol. The summed E-state index contributed by atoms with van der Waals surface area (Å²) in [5.41, 5.74) is 0. The minimum atomic E-state index is 0.179. The lowest BCUT2D eigenvalue weighted by molar-refractivity contribution is -0.123. The van der Waals surface area contributed by atoms with E-state index in [1.807, 2.05) is 13.8 Å². The smallest absolute Gasteiger partial charge is 0.149 e. The summed E-state index contributed by atoms with van der Waals surface area (Å²) in [6, 6.07) is 0. The lowest BCUT2D eigenvalue weighted by atomic mass is 9.95. The first-order chi connectivity index (χ1) is 9.15. The van der Waals surface area contributed by atoms with Gasteiger partial charge < -0.3 is 10.2 Å². The molecule has 0 aliphatic carbocycles. The average Bonchev–Trinajstić information content (AvgIpc) is 2.42. The van der Waals surface area contributed by atoms with E-state index in [9.17, 15) is 4.79 Å². The molecule has 0 aromatic heterocycles. The van der Waals surface area contributed by atoms with Gasteiger partial charge in [0.2, 0.25) is 0 Å². The van der Waals surface area contributed by atoms with Gasteiger partial charge in [0, 0.05) is 38.6 Å². The van der Waals surface area contributed by atoms with Gasteiger partial charge in [-0.05, 0) is 31.8 Å². The van der Waals surface area contributed by atoms with Crippen molar-refractivity contribution in [3.8, 4) is 0 Å².